The average Bonchev–Trinajstić information content (AvgIpc) is 2.82. The number of urea groups is 1. The number of carbonyl (C=O) groups excluding carboxylic acids is 1. The van der Waals surface area contributed by atoms with E-state index in [9.17, 15) is 21.6 Å². The molecule has 11 nitrogen and oxygen atoms in total. The number of sulfonamides is 2. The molecule has 0 spiro atoms. The molecule has 0 unspecified atom stereocenters. The fourth-order valence-electron chi connectivity index (χ4n) is 3.07. The van der Waals surface area contributed by atoms with Gasteiger partial charge >= 0.3 is 6.03 Å². The van der Waals surface area contributed by atoms with Crippen LogP contribution in [0.15, 0.2) is 82.6 Å². The molecule has 0 aliphatic rings. The topological polar surface area (TPSA) is 175 Å². The highest BCUT2D eigenvalue weighted by Gasteiger charge is 2.15. The Bertz CT molecular complexity index is 1470. The van der Waals surface area contributed by atoms with Crippen molar-refractivity contribution >= 4 is 43.3 Å². The first kappa shape index (κ1) is 26.8. The van der Waals surface area contributed by atoms with Crippen LogP contribution in [0.25, 0.3) is 0 Å². The van der Waals surface area contributed by atoms with Gasteiger partial charge in [-0.1, -0.05) is 24.3 Å². The van der Waals surface area contributed by atoms with E-state index in [1.807, 2.05) is 0 Å². The predicted octanol–water partition coefficient (Wildman–Crippen LogP) is 2.34. The molecule has 0 bridgehead atoms. The Balaban J connectivity index is 1.59. The van der Waals surface area contributed by atoms with Gasteiger partial charge in [-0.2, -0.15) is 0 Å². The Hall–Kier alpha value is -3.78. The Morgan fingerprint density at radius 2 is 1.44 bits per heavy atom. The molecule has 0 aliphatic carbocycles. The maximum atomic E-state index is 12.6. The zero-order chi connectivity index (χ0) is 26.5. The summed E-state index contributed by atoms with van der Waals surface area (Å²) < 4.78 is 50.3. The molecule has 0 heterocycles. The molecule has 2 amide bonds. The van der Waals surface area contributed by atoms with Crippen molar-refractivity contribution in [1.82, 2.24) is 9.62 Å². The maximum absolute atomic E-state index is 12.6. The number of nitrogens with one attached hydrogen (secondary N) is 4. The summed E-state index contributed by atoms with van der Waals surface area (Å²) in [6.45, 7) is -0.0556. The molecule has 190 valence electrons. The lowest BCUT2D eigenvalue weighted by atomic mass is 10.1. The molecular weight excluding hydrogens is 504 g/mol. The zero-order valence-electron chi connectivity index (χ0n) is 19.5. The number of hydrogen-bond acceptors (Lipinski definition) is 6. The molecule has 3 aromatic rings. The van der Waals surface area contributed by atoms with Crippen molar-refractivity contribution in [2.45, 2.75) is 16.3 Å². The summed E-state index contributed by atoms with van der Waals surface area (Å²) in [6, 6.07) is 17.5. The van der Waals surface area contributed by atoms with Crippen LogP contribution in [0.2, 0.25) is 0 Å². The van der Waals surface area contributed by atoms with Crippen LogP contribution in [0.1, 0.15) is 11.1 Å². The van der Waals surface area contributed by atoms with Gasteiger partial charge in [-0.15, -0.1) is 0 Å². The van der Waals surface area contributed by atoms with E-state index in [1.165, 1.54) is 48.5 Å². The lowest BCUT2D eigenvalue weighted by molar-refractivity contribution is 0.262. The highest BCUT2D eigenvalue weighted by atomic mass is 32.2. The van der Waals surface area contributed by atoms with Crippen LogP contribution in [0.4, 0.5) is 16.2 Å². The molecule has 3 rings (SSSR count). The molecule has 0 aromatic heterocycles. The van der Waals surface area contributed by atoms with Gasteiger partial charge in [-0.25, -0.2) is 31.5 Å². The third-order valence-corrected chi connectivity index (χ3v) is 7.33. The Morgan fingerprint density at radius 3 is 2.03 bits per heavy atom. The first-order valence-electron chi connectivity index (χ1n) is 10.5. The third-order valence-electron chi connectivity index (χ3n) is 4.98. The second-order valence-electron chi connectivity index (χ2n) is 7.94. The van der Waals surface area contributed by atoms with Gasteiger partial charge in [-0.3, -0.25) is 5.41 Å². The van der Waals surface area contributed by atoms with Crippen LogP contribution in [-0.4, -0.2) is 47.7 Å². The van der Waals surface area contributed by atoms with E-state index in [0.717, 1.165) is 0 Å². The van der Waals surface area contributed by atoms with E-state index < -0.39 is 26.1 Å². The van der Waals surface area contributed by atoms with Gasteiger partial charge in [0.1, 0.15) is 5.84 Å². The van der Waals surface area contributed by atoms with E-state index >= 15 is 0 Å². The number of nitrogens with two attached hydrogens (primary N) is 1. The first-order chi connectivity index (χ1) is 16.8. The molecule has 36 heavy (non-hydrogen) atoms. The Kier molecular flexibility index (Phi) is 8.10. The van der Waals surface area contributed by atoms with Crippen molar-refractivity contribution in [2.75, 3.05) is 24.7 Å². The smallest absolute Gasteiger partial charge is 0.323 e. The van der Waals surface area contributed by atoms with Crippen molar-refractivity contribution < 1.29 is 21.6 Å². The second-order valence-corrected chi connectivity index (χ2v) is 11.3. The van der Waals surface area contributed by atoms with E-state index in [0.29, 0.717) is 28.3 Å². The van der Waals surface area contributed by atoms with Gasteiger partial charge in [-0.05, 0) is 54.1 Å². The highest BCUT2D eigenvalue weighted by molar-refractivity contribution is 7.89. The van der Waals surface area contributed by atoms with Crippen LogP contribution in [-0.2, 0) is 26.6 Å². The maximum Gasteiger partial charge on any atom is 0.323 e. The summed E-state index contributed by atoms with van der Waals surface area (Å²) >= 11 is 0. The zero-order valence-corrected chi connectivity index (χ0v) is 21.2. The van der Waals surface area contributed by atoms with E-state index in [1.54, 1.807) is 43.3 Å². The number of nitrogens with zero attached hydrogens (tertiary/aromatic N) is 1. The molecule has 0 aliphatic heterocycles. The third kappa shape index (κ3) is 7.11. The summed E-state index contributed by atoms with van der Waals surface area (Å²) in [4.78, 5) is 13.9. The van der Waals surface area contributed by atoms with Crippen LogP contribution < -0.4 is 20.5 Å². The lowest BCUT2D eigenvalue weighted by Crippen LogP contribution is -2.24. The predicted molar refractivity (Wildman–Crippen MR) is 138 cm³/mol. The minimum atomic E-state index is -3.86. The van der Waals surface area contributed by atoms with Crippen LogP contribution in [0.3, 0.4) is 0 Å². The van der Waals surface area contributed by atoms with Gasteiger partial charge in [0, 0.05) is 37.6 Å². The molecule has 6 N–H and O–H groups in total. The molecule has 0 saturated carbocycles. The molecule has 13 heteroatoms. The monoisotopic (exact) mass is 530 g/mol. The van der Waals surface area contributed by atoms with Crippen LogP contribution in [0.5, 0.6) is 0 Å². The number of carbonyl (C=O) groups is 1. The van der Waals surface area contributed by atoms with Crippen molar-refractivity contribution in [2.24, 2.45) is 5.14 Å². The molecule has 0 fully saturated rings. The van der Waals surface area contributed by atoms with Gasteiger partial charge in [0.25, 0.3) is 0 Å². The summed E-state index contributed by atoms with van der Waals surface area (Å²) in [6.07, 6.45) is 0. The number of primary sulfonamides is 1. The number of rotatable bonds is 8. The summed E-state index contributed by atoms with van der Waals surface area (Å²) in [5.74, 6) is 0.296. The molecule has 3 aromatic carbocycles. The molecule has 0 saturated heterocycles. The number of hydrogen-bond donors (Lipinski definition) is 5. The largest absolute Gasteiger partial charge is 0.363 e. The van der Waals surface area contributed by atoms with Crippen LogP contribution in [0, 0.1) is 5.41 Å². The Labute approximate surface area is 209 Å². The SMILES string of the molecule is CN(C)C(=N)c1cccc(NC(=O)Nc2ccc(S(=O)(=O)NCc3ccc(S(N)(=O)=O)cc3)cc2)c1. The van der Waals surface area contributed by atoms with E-state index in [-0.39, 0.29) is 16.3 Å². The van der Waals surface area contributed by atoms with Crippen LogP contribution >= 0.6 is 0 Å². The van der Waals surface area contributed by atoms with Crippen molar-refractivity contribution in [3.05, 3.63) is 83.9 Å². The lowest BCUT2D eigenvalue weighted by Gasteiger charge is -2.15. The minimum absolute atomic E-state index is 0.00971. The standard InChI is InChI=1S/C23H26N6O5S2/c1-29(2)22(24)17-4-3-5-19(14-17)28-23(30)27-18-8-12-21(13-9-18)36(33,34)26-15-16-6-10-20(11-7-16)35(25,31)32/h3-14,24,26H,15H2,1-2H3,(H2,25,31,32)(H2,27,28,30). The van der Waals surface area contributed by atoms with E-state index in [4.69, 9.17) is 10.5 Å². The fourth-order valence-corrected chi connectivity index (χ4v) is 4.61. The van der Waals surface area contributed by atoms with Gasteiger partial charge in [0.2, 0.25) is 20.0 Å². The first-order valence-corrected chi connectivity index (χ1v) is 13.5. The summed E-state index contributed by atoms with van der Waals surface area (Å²) in [7, 11) is -4.18. The minimum Gasteiger partial charge on any atom is -0.363 e. The number of benzene rings is 3. The van der Waals surface area contributed by atoms with Gasteiger partial charge < -0.3 is 15.5 Å². The van der Waals surface area contributed by atoms with Crippen molar-refractivity contribution in [1.29, 1.82) is 5.41 Å². The van der Waals surface area contributed by atoms with Gasteiger partial charge in [0.15, 0.2) is 0 Å². The Morgan fingerprint density at radius 1 is 0.861 bits per heavy atom. The number of anilines is 2. The normalized spacial score (nSPS) is 11.5. The van der Waals surface area contributed by atoms with Gasteiger partial charge in [0.05, 0.1) is 9.79 Å². The van der Waals surface area contributed by atoms with Crippen molar-refractivity contribution in [3.63, 3.8) is 0 Å². The molecular formula is C23H26N6O5S2. The number of amidine groups is 1. The fraction of sp³-hybridized carbons (Fsp3) is 0.130. The molecule has 0 atom stereocenters. The second kappa shape index (κ2) is 10.9. The number of amides is 2. The summed E-state index contributed by atoms with van der Waals surface area (Å²) in [5, 5.41) is 18.4. The van der Waals surface area contributed by atoms with Crippen molar-refractivity contribution in [3.8, 4) is 0 Å². The quantitative estimate of drug-likeness (QED) is 0.221. The highest BCUT2D eigenvalue weighted by Crippen LogP contribution is 2.17. The average molecular weight is 531 g/mol. The summed E-state index contributed by atoms with van der Waals surface area (Å²) in [5.41, 5.74) is 2.06. The van der Waals surface area contributed by atoms with E-state index in [2.05, 4.69) is 15.4 Å². The molecule has 0 radical (unpaired) electrons.